The Morgan fingerprint density at radius 2 is 1.76 bits per heavy atom. The van der Waals surface area contributed by atoms with Gasteiger partial charge in [0, 0.05) is 11.8 Å². The van der Waals surface area contributed by atoms with E-state index >= 15 is 0 Å². The molecule has 1 aliphatic heterocycles. The Kier molecular flexibility index (Phi) is 3.11. The molecular weight excluding hydrogens is 314 g/mol. The van der Waals surface area contributed by atoms with Gasteiger partial charge in [0.25, 0.3) is 0 Å². The highest BCUT2D eigenvalue weighted by atomic mass is 16.7. The van der Waals surface area contributed by atoms with Gasteiger partial charge in [-0.3, -0.25) is 4.99 Å². The Labute approximate surface area is 145 Å². The van der Waals surface area contributed by atoms with Crippen LogP contribution in [0.4, 0.5) is 5.69 Å². The van der Waals surface area contributed by atoms with Gasteiger partial charge in [-0.15, -0.1) is 0 Å². The van der Waals surface area contributed by atoms with Crippen LogP contribution in [0, 0.1) is 0 Å². The van der Waals surface area contributed by atoms with Crippen LogP contribution < -0.4 is 9.47 Å². The fraction of sp³-hybridized carbons (Fsp3) is 0.0952. The van der Waals surface area contributed by atoms with Gasteiger partial charge in [0.2, 0.25) is 6.79 Å². The van der Waals surface area contributed by atoms with E-state index in [4.69, 9.17) is 9.47 Å². The SMILES string of the molecule is O[C@H]1c2ccccc2-c2cccc(N=Cc3ccc4c(c3)OCO4)c21. The minimum absolute atomic E-state index is 0.257. The van der Waals surface area contributed by atoms with Crippen molar-refractivity contribution in [1.29, 1.82) is 0 Å². The minimum atomic E-state index is -0.642. The maximum Gasteiger partial charge on any atom is 0.231 e. The van der Waals surface area contributed by atoms with Crippen LogP contribution in [0.3, 0.4) is 0 Å². The molecule has 0 aromatic heterocycles. The van der Waals surface area contributed by atoms with Gasteiger partial charge in [-0.05, 0) is 46.5 Å². The van der Waals surface area contributed by atoms with Gasteiger partial charge >= 0.3 is 0 Å². The molecule has 4 nitrogen and oxygen atoms in total. The lowest BCUT2D eigenvalue weighted by molar-refractivity contribution is 0.174. The first-order valence-corrected chi connectivity index (χ1v) is 8.15. The van der Waals surface area contributed by atoms with E-state index in [1.807, 2.05) is 60.7 Å². The lowest BCUT2D eigenvalue weighted by Gasteiger charge is -2.08. The third-order valence-corrected chi connectivity index (χ3v) is 4.65. The molecule has 0 amide bonds. The van der Waals surface area contributed by atoms with Crippen LogP contribution >= 0.6 is 0 Å². The molecule has 4 heteroatoms. The average Bonchev–Trinajstić information content (AvgIpc) is 3.23. The van der Waals surface area contributed by atoms with E-state index in [1.54, 1.807) is 6.21 Å². The third kappa shape index (κ3) is 2.22. The maximum atomic E-state index is 10.7. The van der Waals surface area contributed by atoms with Crippen LogP contribution in [0.25, 0.3) is 11.1 Å². The number of ether oxygens (including phenoxy) is 2. The Bertz CT molecular complexity index is 1010. The number of fused-ring (bicyclic) bond motifs is 4. The summed E-state index contributed by atoms with van der Waals surface area (Å²) in [5, 5.41) is 10.7. The molecule has 0 saturated heterocycles. The molecule has 25 heavy (non-hydrogen) atoms. The predicted octanol–water partition coefficient (Wildman–Crippen LogP) is 4.23. The third-order valence-electron chi connectivity index (χ3n) is 4.65. The van der Waals surface area contributed by atoms with Crippen LogP contribution in [0.15, 0.2) is 65.7 Å². The number of hydrogen-bond acceptors (Lipinski definition) is 4. The van der Waals surface area contributed by atoms with Crippen molar-refractivity contribution in [3.05, 3.63) is 77.4 Å². The number of benzene rings is 3. The van der Waals surface area contributed by atoms with Gasteiger partial charge < -0.3 is 14.6 Å². The second-order valence-electron chi connectivity index (χ2n) is 6.10. The van der Waals surface area contributed by atoms with Crippen molar-refractivity contribution in [2.45, 2.75) is 6.10 Å². The fourth-order valence-corrected chi connectivity index (χ4v) is 3.46. The lowest BCUT2D eigenvalue weighted by Crippen LogP contribution is -1.94. The van der Waals surface area contributed by atoms with Crippen LogP contribution in [-0.2, 0) is 0 Å². The zero-order chi connectivity index (χ0) is 16.8. The van der Waals surface area contributed by atoms with E-state index in [0.717, 1.165) is 45.0 Å². The van der Waals surface area contributed by atoms with E-state index in [2.05, 4.69) is 4.99 Å². The maximum absolute atomic E-state index is 10.7. The average molecular weight is 329 g/mol. The number of aliphatic imine (C=N–C) groups is 1. The van der Waals surface area contributed by atoms with Gasteiger partial charge in [0.15, 0.2) is 11.5 Å². The summed E-state index contributed by atoms with van der Waals surface area (Å²) < 4.78 is 10.7. The Morgan fingerprint density at radius 1 is 0.920 bits per heavy atom. The number of aliphatic hydroxyl groups excluding tert-OH is 1. The van der Waals surface area contributed by atoms with Gasteiger partial charge in [-0.1, -0.05) is 36.4 Å². The van der Waals surface area contributed by atoms with Crippen molar-refractivity contribution in [2.24, 2.45) is 4.99 Å². The quantitative estimate of drug-likeness (QED) is 0.716. The van der Waals surface area contributed by atoms with Gasteiger partial charge in [0.1, 0.15) is 6.10 Å². The second-order valence-corrected chi connectivity index (χ2v) is 6.10. The van der Waals surface area contributed by atoms with Gasteiger partial charge in [-0.2, -0.15) is 0 Å². The molecule has 0 saturated carbocycles. The van der Waals surface area contributed by atoms with Crippen molar-refractivity contribution in [3.8, 4) is 22.6 Å². The monoisotopic (exact) mass is 329 g/mol. The van der Waals surface area contributed by atoms with E-state index in [-0.39, 0.29) is 6.79 Å². The van der Waals surface area contributed by atoms with Crippen molar-refractivity contribution in [2.75, 3.05) is 6.79 Å². The number of aliphatic hydroxyl groups is 1. The van der Waals surface area contributed by atoms with E-state index in [9.17, 15) is 5.11 Å². The summed E-state index contributed by atoms with van der Waals surface area (Å²) in [4.78, 5) is 4.63. The molecule has 0 radical (unpaired) electrons. The van der Waals surface area contributed by atoms with E-state index in [1.165, 1.54) is 0 Å². The topological polar surface area (TPSA) is 51.1 Å². The molecule has 122 valence electrons. The van der Waals surface area contributed by atoms with E-state index < -0.39 is 6.10 Å². The smallest absolute Gasteiger partial charge is 0.231 e. The molecule has 3 aromatic rings. The second kappa shape index (κ2) is 5.46. The normalized spacial score (nSPS) is 16.9. The molecule has 0 spiro atoms. The molecule has 0 fully saturated rings. The summed E-state index contributed by atoms with van der Waals surface area (Å²) in [6.07, 6.45) is 1.14. The lowest BCUT2D eigenvalue weighted by atomic mass is 10.0. The first kappa shape index (κ1) is 14.3. The molecule has 5 rings (SSSR count). The van der Waals surface area contributed by atoms with Gasteiger partial charge in [-0.25, -0.2) is 0 Å². The van der Waals surface area contributed by atoms with Crippen molar-refractivity contribution < 1.29 is 14.6 Å². The molecule has 1 N–H and O–H groups in total. The van der Waals surface area contributed by atoms with Crippen LogP contribution in [0.5, 0.6) is 11.5 Å². The molecule has 2 aliphatic rings. The molecule has 0 unspecified atom stereocenters. The van der Waals surface area contributed by atoms with Crippen LogP contribution in [-0.4, -0.2) is 18.1 Å². The summed E-state index contributed by atoms with van der Waals surface area (Å²) in [7, 11) is 0. The summed E-state index contributed by atoms with van der Waals surface area (Å²) in [6.45, 7) is 0.257. The first-order valence-electron chi connectivity index (χ1n) is 8.15. The highest BCUT2D eigenvalue weighted by Crippen LogP contribution is 2.47. The molecule has 1 atom stereocenters. The highest BCUT2D eigenvalue weighted by Gasteiger charge is 2.28. The molecule has 3 aromatic carbocycles. The Hall–Kier alpha value is -3.11. The van der Waals surface area contributed by atoms with Crippen LogP contribution in [0.1, 0.15) is 22.8 Å². The highest BCUT2D eigenvalue weighted by molar-refractivity contribution is 5.87. The summed E-state index contributed by atoms with van der Waals surface area (Å²) in [5.41, 5.74) is 5.61. The number of hydrogen-bond donors (Lipinski definition) is 1. The molecule has 1 heterocycles. The zero-order valence-electron chi connectivity index (χ0n) is 13.3. The standard InChI is InChI=1S/C21H15NO3/c23-21-16-5-2-1-4-14(16)15-6-3-7-17(20(15)21)22-11-13-8-9-18-19(10-13)25-12-24-18/h1-11,21,23H,12H2/t21-/m0/s1. The minimum Gasteiger partial charge on any atom is -0.454 e. The van der Waals surface area contributed by atoms with Crippen molar-refractivity contribution in [3.63, 3.8) is 0 Å². The van der Waals surface area contributed by atoms with Crippen LogP contribution in [0.2, 0.25) is 0 Å². The summed E-state index contributed by atoms with van der Waals surface area (Å²) in [5.74, 6) is 1.48. The Balaban J connectivity index is 1.54. The predicted molar refractivity (Wildman–Crippen MR) is 95.8 cm³/mol. The largest absolute Gasteiger partial charge is 0.454 e. The number of nitrogens with zero attached hydrogens (tertiary/aromatic N) is 1. The summed E-state index contributed by atoms with van der Waals surface area (Å²) >= 11 is 0. The molecule has 0 bridgehead atoms. The van der Waals surface area contributed by atoms with E-state index in [0.29, 0.717) is 0 Å². The fourth-order valence-electron chi connectivity index (χ4n) is 3.46. The summed E-state index contributed by atoms with van der Waals surface area (Å²) in [6, 6.07) is 19.6. The molecular formula is C21H15NO3. The van der Waals surface area contributed by atoms with Crippen molar-refractivity contribution in [1.82, 2.24) is 0 Å². The van der Waals surface area contributed by atoms with Crippen molar-refractivity contribution >= 4 is 11.9 Å². The Morgan fingerprint density at radius 3 is 2.72 bits per heavy atom. The first-order chi connectivity index (χ1) is 12.3. The van der Waals surface area contributed by atoms with Gasteiger partial charge in [0.05, 0.1) is 5.69 Å². The number of rotatable bonds is 2. The zero-order valence-corrected chi connectivity index (χ0v) is 13.3. The molecule has 1 aliphatic carbocycles.